The number of hydrogen-bond donors (Lipinski definition) is 2. The van der Waals surface area contributed by atoms with Crippen LogP contribution in [0.3, 0.4) is 0 Å². The fraction of sp³-hybridized carbons (Fsp3) is 0.200. The van der Waals surface area contributed by atoms with Crippen molar-refractivity contribution >= 4 is 40.6 Å². The lowest BCUT2D eigenvalue weighted by Gasteiger charge is -2.29. The van der Waals surface area contributed by atoms with E-state index in [1.54, 1.807) is 12.3 Å². The Kier molecular flexibility index (Phi) is 7.42. The second-order valence-corrected chi connectivity index (χ2v) is 9.63. The quantitative estimate of drug-likeness (QED) is 0.237. The molecule has 4 aromatic rings. The summed E-state index contributed by atoms with van der Waals surface area (Å²) in [4.78, 5) is 31.0. The van der Waals surface area contributed by atoms with Gasteiger partial charge in [-0.15, -0.1) is 0 Å². The van der Waals surface area contributed by atoms with Crippen molar-refractivity contribution in [2.24, 2.45) is 0 Å². The molecule has 2 atom stereocenters. The van der Waals surface area contributed by atoms with Gasteiger partial charge in [-0.3, -0.25) is 9.78 Å². The molecule has 1 saturated heterocycles. The van der Waals surface area contributed by atoms with E-state index in [2.05, 4.69) is 31.2 Å². The standard InChI is InChI=1S/C30H29N5O3S/c1-4-26(36)32-23-14-13-22(17-19(23)2)35-28(27(33-30(35)39)24-11-5-6-15-31-24)25-12-8-16-34(25)21-10-7-9-20(18-21)29(37)38-3/h5-18,27-28H,4H2,1-3H3,(H,32,36)(H,33,39)/t27-,28+/m1/s1. The van der Waals surface area contributed by atoms with Gasteiger partial charge < -0.3 is 24.8 Å². The largest absolute Gasteiger partial charge is 0.465 e. The van der Waals surface area contributed by atoms with Crippen LogP contribution in [0.15, 0.2) is 85.2 Å². The highest BCUT2D eigenvalue weighted by Gasteiger charge is 2.42. The molecule has 1 fully saturated rings. The minimum atomic E-state index is -0.395. The summed E-state index contributed by atoms with van der Waals surface area (Å²) in [6.07, 6.45) is 4.15. The van der Waals surface area contributed by atoms with Gasteiger partial charge in [-0.25, -0.2) is 4.79 Å². The van der Waals surface area contributed by atoms with Crippen molar-refractivity contribution in [2.75, 3.05) is 17.3 Å². The van der Waals surface area contributed by atoms with Gasteiger partial charge >= 0.3 is 5.97 Å². The zero-order valence-electron chi connectivity index (χ0n) is 21.9. The molecular weight excluding hydrogens is 510 g/mol. The molecule has 0 saturated carbocycles. The van der Waals surface area contributed by atoms with Crippen LogP contribution in [0.25, 0.3) is 5.69 Å². The molecule has 198 valence electrons. The molecule has 5 rings (SSSR count). The Balaban J connectivity index is 1.61. The fourth-order valence-corrected chi connectivity index (χ4v) is 5.23. The van der Waals surface area contributed by atoms with Gasteiger partial charge in [-0.2, -0.15) is 0 Å². The number of nitrogens with one attached hydrogen (secondary N) is 2. The number of benzene rings is 2. The summed E-state index contributed by atoms with van der Waals surface area (Å²) in [6.45, 7) is 3.79. The highest BCUT2D eigenvalue weighted by Crippen LogP contribution is 2.43. The smallest absolute Gasteiger partial charge is 0.337 e. The molecule has 0 unspecified atom stereocenters. The van der Waals surface area contributed by atoms with Crippen LogP contribution in [0, 0.1) is 6.92 Å². The van der Waals surface area contributed by atoms with E-state index < -0.39 is 5.97 Å². The Morgan fingerprint density at radius 2 is 1.90 bits per heavy atom. The monoisotopic (exact) mass is 539 g/mol. The Labute approximate surface area is 232 Å². The Bertz CT molecular complexity index is 1530. The summed E-state index contributed by atoms with van der Waals surface area (Å²) in [5.74, 6) is -0.433. The SMILES string of the molecule is CCC(=O)Nc1ccc(N2C(=S)N[C@H](c3ccccn3)[C@@H]2c2cccn2-c2cccc(C(=O)OC)c2)cc1C. The maximum atomic E-state index is 12.2. The van der Waals surface area contributed by atoms with Gasteiger partial charge in [0.25, 0.3) is 0 Å². The third-order valence-corrected chi connectivity index (χ3v) is 7.12. The summed E-state index contributed by atoms with van der Waals surface area (Å²) in [6, 6.07) is 22.6. The van der Waals surface area contributed by atoms with E-state index in [1.807, 2.05) is 80.7 Å². The molecule has 0 spiro atoms. The Morgan fingerprint density at radius 1 is 1.05 bits per heavy atom. The molecule has 1 aliphatic heterocycles. The second-order valence-electron chi connectivity index (χ2n) is 9.24. The summed E-state index contributed by atoms with van der Waals surface area (Å²) < 4.78 is 6.99. The maximum absolute atomic E-state index is 12.2. The van der Waals surface area contributed by atoms with Crippen LogP contribution in [0.1, 0.15) is 52.7 Å². The lowest BCUT2D eigenvalue weighted by molar-refractivity contribution is -0.115. The van der Waals surface area contributed by atoms with E-state index in [4.69, 9.17) is 17.0 Å². The molecule has 0 bridgehead atoms. The van der Waals surface area contributed by atoms with E-state index in [9.17, 15) is 9.59 Å². The van der Waals surface area contributed by atoms with Crippen LogP contribution in [-0.4, -0.2) is 33.6 Å². The molecule has 0 radical (unpaired) electrons. The first-order valence-corrected chi connectivity index (χ1v) is 13.1. The van der Waals surface area contributed by atoms with Gasteiger partial charge in [-0.05, 0) is 85.4 Å². The number of pyridine rings is 1. The molecule has 3 heterocycles. The first kappa shape index (κ1) is 26.1. The Morgan fingerprint density at radius 3 is 2.62 bits per heavy atom. The van der Waals surface area contributed by atoms with Crippen LogP contribution in [0.2, 0.25) is 0 Å². The minimum Gasteiger partial charge on any atom is -0.465 e. The van der Waals surface area contributed by atoms with Crippen LogP contribution < -0.4 is 15.5 Å². The van der Waals surface area contributed by atoms with Crippen molar-refractivity contribution in [3.63, 3.8) is 0 Å². The number of nitrogens with zero attached hydrogens (tertiary/aromatic N) is 3. The molecule has 9 heteroatoms. The number of hydrogen-bond acceptors (Lipinski definition) is 5. The lowest BCUT2D eigenvalue weighted by atomic mass is 10.00. The lowest BCUT2D eigenvalue weighted by Crippen LogP contribution is -2.30. The van der Waals surface area contributed by atoms with Gasteiger partial charge in [0, 0.05) is 41.6 Å². The van der Waals surface area contributed by atoms with Crippen molar-refractivity contribution in [3.8, 4) is 5.69 Å². The van der Waals surface area contributed by atoms with E-state index in [0.717, 1.165) is 34.0 Å². The molecule has 2 N–H and O–H groups in total. The van der Waals surface area contributed by atoms with Gasteiger partial charge in [-0.1, -0.05) is 19.1 Å². The summed E-state index contributed by atoms with van der Waals surface area (Å²) in [5.41, 5.74) is 5.69. The fourth-order valence-electron chi connectivity index (χ4n) is 4.88. The van der Waals surface area contributed by atoms with E-state index in [-0.39, 0.29) is 18.0 Å². The Hall–Kier alpha value is -4.50. The number of anilines is 2. The van der Waals surface area contributed by atoms with Gasteiger partial charge in [0.1, 0.15) is 6.04 Å². The van der Waals surface area contributed by atoms with Gasteiger partial charge in [0.2, 0.25) is 5.91 Å². The van der Waals surface area contributed by atoms with Crippen LogP contribution in [0.4, 0.5) is 11.4 Å². The van der Waals surface area contributed by atoms with E-state index in [1.165, 1.54) is 7.11 Å². The number of carbonyl (C=O) groups is 2. The maximum Gasteiger partial charge on any atom is 0.337 e. The normalized spacial score (nSPS) is 16.6. The number of aromatic nitrogens is 2. The zero-order chi connectivity index (χ0) is 27.5. The predicted molar refractivity (Wildman–Crippen MR) is 155 cm³/mol. The molecule has 1 aliphatic rings. The number of methoxy groups -OCH3 is 1. The number of rotatable bonds is 7. The van der Waals surface area contributed by atoms with Crippen molar-refractivity contribution in [1.82, 2.24) is 14.9 Å². The molecule has 0 aliphatic carbocycles. The third kappa shape index (κ3) is 5.13. The number of amides is 1. The number of thiocarbonyl (C=S) groups is 1. The number of carbonyl (C=O) groups excluding carboxylic acids is 2. The highest BCUT2D eigenvalue weighted by molar-refractivity contribution is 7.80. The van der Waals surface area contributed by atoms with Crippen LogP contribution in [-0.2, 0) is 9.53 Å². The summed E-state index contributed by atoms with van der Waals surface area (Å²) in [7, 11) is 1.37. The molecule has 1 amide bonds. The highest BCUT2D eigenvalue weighted by atomic mass is 32.1. The van der Waals surface area contributed by atoms with Crippen molar-refractivity contribution in [1.29, 1.82) is 0 Å². The molecule has 39 heavy (non-hydrogen) atoms. The predicted octanol–water partition coefficient (Wildman–Crippen LogP) is 5.49. The van der Waals surface area contributed by atoms with Crippen molar-refractivity contribution in [3.05, 3.63) is 108 Å². The number of esters is 1. The summed E-state index contributed by atoms with van der Waals surface area (Å²) in [5, 5.41) is 7.01. The van der Waals surface area contributed by atoms with Gasteiger partial charge in [0.05, 0.1) is 24.4 Å². The third-order valence-electron chi connectivity index (χ3n) is 6.81. The molecular formula is C30H29N5O3S. The van der Waals surface area contributed by atoms with E-state index >= 15 is 0 Å². The molecule has 8 nitrogen and oxygen atoms in total. The first-order valence-electron chi connectivity index (χ1n) is 12.7. The molecule has 2 aromatic carbocycles. The van der Waals surface area contributed by atoms with Gasteiger partial charge in [0.15, 0.2) is 5.11 Å². The zero-order valence-corrected chi connectivity index (χ0v) is 22.7. The topological polar surface area (TPSA) is 88.5 Å². The number of aryl methyl sites for hydroxylation is 1. The minimum absolute atomic E-state index is 0.0377. The average molecular weight is 540 g/mol. The van der Waals surface area contributed by atoms with Crippen molar-refractivity contribution in [2.45, 2.75) is 32.4 Å². The second kappa shape index (κ2) is 11.1. The van der Waals surface area contributed by atoms with E-state index in [0.29, 0.717) is 17.1 Å². The first-order chi connectivity index (χ1) is 18.9. The number of ether oxygens (including phenoxy) is 1. The van der Waals surface area contributed by atoms with Crippen molar-refractivity contribution < 1.29 is 14.3 Å². The summed E-state index contributed by atoms with van der Waals surface area (Å²) >= 11 is 5.89. The average Bonchev–Trinajstić information content (AvgIpc) is 3.58. The molecule has 2 aromatic heterocycles. The van der Waals surface area contributed by atoms with Crippen LogP contribution in [0.5, 0.6) is 0 Å². The van der Waals surface area contributed by atoms with Crippen LogP contribution >= 0.6 is 12.2 Å².